The van der Waals surface area contributed by atoms with Gasteiger partial charge in [-0.3, -0.25) is 4.68 Å². The van der Waals surface area contributed by atoms with E-state index in [4.69, 9.17) is 10.5 Å². The Morgan fingerprint density at radius 2 is 1.96 bits per heavy atom. The number of nitrogens with two attached hydrogens (primary N) is 1. The summed E-state index contributed by atoms with van der Waals surface area (Å²) in [5.74, 6) is 1.19. The van der Waals surface area contributed by atoms with Crippen LogP contribution in [0.3, 0.4) is 0 Å². The second-order valence-electron chi connectivity index (χ2n) is 6.32. The minimum Gasteiger partial charge on any atom is -0.433 e. The van der Waals surface area contributed by atoms with Crippen LogP contribution in [0.5, 0.6) is 11.6 Å². The first kappa shape index (κ1) is 14.9. The van der Waals surface area contributed by atoms with Crippen molar-refractivity contribution in [1.82, 2.24) is 24.6 Å². The lowest BCUT2D eigenvalue weighted by Gasteiger charge is -2.36. The van der Waals surface area contributed by atoms with E-state index in [2.05, 4.69) is 42.9 Å². The first-order valence-corrected chi connectivity index (χ1v) is 8.61. The molecular formula is C15H19BrN6O. The van der Waals surface area contributed by atoms with Crippen LogP contribution in [-0.2, 0) is 0 Å². The molecule has 0 saturated carbocycles. The van der Waals surface area contributed by atoms with Gasteiger partial charge in [0, 0.05) is 12.1 Å². The average Bonchev–Trinajstić information content (AvgIpc) is 3.04. The Morgan fingerprint density at radius 3 is 2.70 bits per heavy atom. The van der Waals surface area contributed by atoms with Crippen LogP contribution in [0.2, 0.25) is 0 Å². The van der Waals surface area contributed by atoms with E-state index in [9.17, 15) is 0 Å². The van der Waals surface area contributed by atoms with Crippen molar-refractivity contribution in [3.05, 3.63) is 23.2 Å². The highest BCUT2D eigenvalue weighted by atomic mass is 79.9. The van der Waals surface area contributed by atoms with Crippen LogP contribution in [0.4, 0.5) is 5.82 Å². The number of halogens is 1. The molecule has 0 spiro atoms. The van der Waals surface area contributed by atoms with Gasteiger partial charge in [0.15, 0.2) is 11.6 Å². The number of aromatic nitrogens is 4. The first-order chi connectivity index (χ1) is 11.1. The summed E-state index contributed by atoms with van der Waals surface area (Å²) in [5, 5.41) is 4.48. The molecule has 2 N–H and O–H groups in total. The molecule has 0 aliphatic carbocycles. The molecule has 0 amide bonds. The molecule has 4 rings (SSSR count). The zero-order valence-electron chi connectivity index (χ0n) is 12.9. The van der Waals surface area contributed by atoms with Gasteiger partial charge in [-0.15, -0.1) is 0 Å². The number of fused-ring (bicyclic) bond motifs is 2. The molecule has 8 heteroatoms. The Morgan fingerprint density at radius 1 is 1.22 bits per heavy atom. The smallest absolute Gasteiger partial charge is 0.263 e. The quantitative estimate of drug-likeness (QED) is 0.883. The van der Waals surface area contributed by atoms with Crippen LogP contribution in [0.25, 0.3) is 0 Å². The summed E-state index contributed by atoms with van der Waals surface area (Å²) < 4.78 is 8.34. The van der Waals surface area contributed by atoms with Crippen LogP contribution in [0.1, 0.15) is 31.7 Å². The van der Waals surface area contributed by atoms with Gasteiger partial charge < -0.3 is 15.4 Å². The summed E-state index contributed by atoms with van der Waals surface area (Å²) in [6.07, 6.45) is 10.1. The van der Waals surface area contributed by atoms with E-state index in [0.29, 0.717) is 34.4 Å². The van der Waals surface area contributed by atoms with Gasteiger partial charge in [0.25, 0.3) is 5.88 Å². The number of piperidine rings is 1. The van der Waals surface area contributed by atoms with E-state index in [-0.39, 0.29) is 5.82 Å². The zero-order valence-corrected chi connectivity index (χ0v) is 14.5. The maximum absolute atomic E-state index is 5.79. The lowest BCUT2D eigenvalue weighted by Crippen LogP contribution is -2.40. The third-order valence-electron chi connectivity index (χ3n) is 4.98. The fourth-order valence-electron chi connectivity index (χ4n) is 3.72. The lowest BCUT2D eigenvalue weighted by molar-refractivity contribution is 0.131. The molecule has 3 atom stereocenters. The van der Waals surface area contributed by atoms with Crippen LogP contribution >= 0.6 is 15.9 Å². The topological polar surface area (TPSA) is 82.1 Å². The molecular weight excluding hydrogens is 360 g/mol. The monoisotopic (exact) mass is 378 g/mol. The molecule has 7 nitrogen and oxygen atoms in total. The molecule has 0 radical (unpaired) electrons. The number of ether oxygens (including phenoxy) is 1. The highest BCUT2D eigenvalue weighted by molar-refractivity contribution is 9.10. The van der Waals surface area contributed by atoms with Crippen LogP contribution in [0, 0.1) is 0 Å². The average molecular weight is 379 g/mol. The largest absolute Gasteiger partial charge is 0.433 e. The lowest BCUT2D eigenvalue weighted by atomic mass is 9.98. The van der Waals surface area contributed by atoms with Crippen molar-refractivity contribution in [2.24, 2.45) is 0 Å². The van der Waals surface area contributed by atoms with Crippen molar-refractivity contribution in [2.75, 3.05) is 12.8 Å². The number of rotatable bonds is 3. The molecule has 2 aromatic rings. The summed E-state index contributed by atoms with van der Waals surface area (Å²) >= 11 is 3.27. The van der Waals surface area contributed by atoms with Gasteiger partial charge in [0.05, 0.1) is 24.6 Å². The third-order valence-corrected chi connectivity index (χ3v) is 5.36. The van der Waals surface area contributed by atoms with Crippen LogP contribution in [0.15, 0.2) is 23.2 Å². The predicted octanol–water partition coefficient (Wildman–Crippen LogP) is 2.61. The molecule has 2 aliphatic heterocycles. The Hall–Kier alpha value is -1.67. The third kappa shape index (κ3) is 2.81. The highest BCUT2D eigenvalue weighted by Crippen LogP contribution is 2.39. The van der Waals surface area contributed by atoms with Crippen molar-refractivity contribution in [1.29, 1.82) is 0 Å². The SMILES string of the molecule is CN1[C@@H]2CC[C@H]1CC(n1cc(Oc3nc(Br)cnc3N)cn1)C2. The van der Waals surface area contributed by atoms with Gasteiger partial charge in [-0.1, -0.05) is 0 Å². The molecule has 2 aliphatic rings. The number of anilines is 1. The maximum Gasteiger partial charge on any atom is 0.263 e. The van der Waals surface area contributed by atoms with E-state index in [0.717, 1.165) is 12.8 Å². The second-order valence-corrected chi connectivity index (χ2v) is 7.13. The number of hydrogen-bond acceptors (Lipinski definition) is 6. The fourth-order valence-corrected chi connectivity index (χ4v) is 3.98. The first-order valence-electron chi connectivity index (χ1n) is 7.82. The number of nitrogens with zero attached hydrogens (tertiary/aromatic N) is 5. The Kier molecular flexibility index (Phi) is 3.73. The fraction of sp³-hybridized carbons (Fsp3) is 0.533. The van der Waals surface area contributed by atoms with Gasteiger partial charge >= 0.3 is 0 Å². The minimum absolute atomic E-state index is 0.262. The Balaban J connectivity index is 1.50. The summed E-state index contributed by atoms with van der Waals surface area (Å²) in [4.78, 5) is 10.7. The summed E-state index contributed by atoms with van der Waals surface area (Å²) in [6, 6.07) is 1.80. The Bertz CT molecular complexity index is 706. The zero-order chi connectivity index (χ0) is 16.0. The molecule has 2 fully saturated rings. The molecule has 0 aromatic carbocycles. The molecule has 4 heterocycles. The molecule has 122 valence electrons. The van der Waals surface area contributed by atoms with E-state index < -0.39 is 0 Å². The van der Waals surface area contributed by atoms with E-state index in [1.807, 2.05) is 10.9 Å². The predicted molar refractivity (Wildman–Crippen MR) is 89.3 cm³/mol. The molecule has 23 heavy (non-hydrogen) atoms. The second kappa shape index (κ2) is 5.76. The summed E-state index contributed by atoms with van der Waals surface area (Å²) in [6.45, 7) is 0. The Labute approximate surface area is 143 Å². The molecule has 2 bridgehead atoms. The van der Waals surface area contributed by atoms with Gasteiger partial charge in [0.1, 0.15) is 4.60 Å². The minimum atomic E-state index is 0.262. The van der Waals surface area contributed by atoms with E-state index in [1.165, 1.54) is 12.8 Å². The summed E-state index contributed by atoms with van der Waals surface area (Å²) in [5.41, 5.74) is 5.79. The van der Waals surface area contributed by atoms with Crippen LogP contribution in [-0.4, -0.2) is 43.8 Å². The van der Waals surface area contributed by atoms with Crippen molar-refractivity contribution < 1.29 is 4.74 Å². The van der Waals surface area contributed by atoms with E-state index in [1.54, 1.807) is 12.4 Å². The standard InChI is InChI=1S/C15H19BrN6O/c1-21-9-2-3-10(21)5-11(4-9)22-8-12(6-19-22)23-15-14(17)18-7-13(16)20-15/h6-11H,2-5H2,1H3,(H2,17,18)/t9-,10+,11?. The van der Waals surface area contributed by atoms with Crippen molar-refractivity contribution in [2.45, 2.75) is 43.8 Å². The van der Waals surface area contributed by atoms with Crippen molar-refractivity contribution in [3.63, 3.8) is 0 Å². The summed E-state index contributed by atoms with van der Waals surface area (Å²) in [7, 11) is 2.24. The van der Waals surface area contributed by atoms with Gasteiger partial charge in [-0.25, -0.2) is 9.97 Å². The molecule has 2 saturated heterocycles. The van der Waals surface area contributed by atoms with Gasteiger partial charge in [0.2, 0.25) is 0 Å². The van der Waals surface area contributed by atoms with Gasteiger partial charge in [-0.2, -0.15) is 5.10 Å². The molecule has 1 unspecified atom stereocenters. The van der Waals surface area contributed by atoms with Crippen molar-refractivity contribution in [3.8, 4) is 11.6 Å². The number of nitrogen functional groups attached to an aromatic ring is 1. The van der Waals surface area contributed by atoms with E-state index >= 15 is 0 Å². The van der Waals surface area contributed by atoms with Crippen LogP contribution < -0.4 is 10.5 Å². The molecule has 2 aromatic heterocycles. The number of hydrogen-bond donors (Lipinski definition) is 1. The van der Waals surface area contributed by atoms with Crippen molar-refractivity contribution >= 4 is 21.7 Å². The normalized spacial score (nSPS) is 27.3. The maximum atomic E-state index is 5.79. The van der Waals surface area contributed by atoms with Gasteiger partial charge in [-0.05, 0) is 48.7 Å². The highest BCUT2D eigenvalue weighted by Gasteiger charge is 2.39.